The maximum atomic E-state index is 12.0. The summed E-state index contributed by atoms with van der Waals surface area (Å²) in [5.74, 6) is -0.188. The van der Waals surface area contributed by atoms with Gasteiger partial charge in [-0.2, -0.15) is 0 Å². The Morgan fingerprint density at radius 3 is 1.63 bits per heavy atom. The van der Waals surface area contributed by atoms with E-state index in [0.717, 1.165) is 32.5 Å². The second-order valence-corrected chi connectivity index (χ2v) is 8.79. The quantitative estimate of drug-likeness (QED) is 0.277. The number of carbonyl (C=O) groups excluding carboxylic acids is 2. The molecular weight excluding hydrogens is 500 g/mol. The molecule has 0 atom stereocenters. The van der Waals surface area contributed by atoms with Crippen LogP contribution in [0.25, 0.3) is 6.08 Å². The van der Waals surface area contributed by atoms with Crippen molar-refractivity contribution in [1.82, 2.24) is 0 Å². The zero-order valence-electron chi connectivity index (χ0n) is 19.7. The van der Waals surface area contributed by atoms with Crippen LogP contribution in [0.2, 0.25) is 0 Å². The number of rotatable bonds is 5. The van der Waals surface area contributed by atoms with E-state index in [2.05, 4.69) is 33.1 Å². The molecule has 0 aliphatic rings. The third kappa shape index (κ3) is 7.52. The summed E-state index contributed by atoms with van der Waals surface area (Å²) in [4.78, 5) is 24.0. The van der Waals surface area contributed by atoms with Crippen molar-refractivity contribution < 1.29 is 9.59 Å². The molecule has 4 rings (SSSR count). The number of anilines is 2. The van der Waals surface area contributed by atoms with E-state index in [9.17, 15) is 9.59 Å². The minimum absolute atomic E-state index is 0.0909. The lowest BCUT2D eigenvalue weighted by Gasteiger charge is -2.09. The van der Waals surface area contributed by atoms with Crippen LogP contribution in [0.4, 0.5) is 11.4 Å². The molecule has 0 saturated carbocycles. The number of carbonyl (C=O) groups is 2. The highest BCUT2D eigenvalue weighted by Gasteiger charge is 2.08. The number of nitrogens with one attached hydrogen (secondary N) is 2. The summed E-state index contributed by atoms with van der Waals surface area (Å²) in [6.45, 7) is 7.66. The SMILES string of the molecule is C=Cc1ccc(C)c(NC(=O)c2ccccc2)c1.Cc1ccc(Br)cc1NC(=O)c1ccccc1. The third-order valence-electron chi connectivity index (χ3n) is 5.27. The Balaban J connectivity index is 0.000000196. The van der Waals surface area contributed by atoms with Crippen molar-refractivity contribution in [2.45, 2.75) is 13.8 Å². The molecule has 0 bridgehead atoms. The van der Waals surface area contributed by atoms with E-state index < -0.39 is 0 Å². The van der Waals surface area contributed by atoms with Crippen molar-refractivity contribution in [2.75, 3.05) is 10.6 Å². The van der Waals surface area contributed by atoms with Crippen LogP contribution in [0.15, 0.2) is 108 Å². The molecule has 0 unspecified atom stereocenters. The molecule has 0 aliphatic carbocycles. The van der Waals surface area contributed by atoms with Gasteiger partial charge in [0.05, 0.1) is 0 Å². The summed E-state index contributed by atoms with van der Waals surface area (Å²) in [5, 5.41) is 5.81. The smallest absolute Gasteiger partial charge is 0.255 e. The fourth-order valence-corrected chi connectivity index (χ4v) is 3.56. The Bertz CT molecular complexity index is 1320. The maximum absolute atomic E-state index is 12.0. The summed E-state index contributed by atoms with van der Waals surface area (Å²) in [5.41, 5.74) is 6.02. The second-order valence-electron chi connectivity index (χ2n) is 7.88. The fraction of sp³-hybridized carbons (Fsp3) is 0.0667. The van der Waals surface area contributed by atoms with Crippen molar-refractivity contribution in [3.05, 3.63) is 136 Å². The summed E-state index contributed by atoms with van der Waals surface area (Å²) in [6, 6.07) is 30.0. The number of hydrogen-bond donors (Lipinski definition) is 2. The summed E-state index contributed by atoms with van der Waals surface area (Å²) in [6.07, 6.45) is 1.76. The molecule has 0 heterocycles. The van der Waals surface area contributed by atoms with Gasteiger partial charge >= 0.3 is 0 Å². The van der Waals surface area contributed by atoms with E-state index in [4.69, 9.17) is 0 Å². The predicted octanol–water partition coefficient (Wildman–Crippen LogP) is 7.90. The molecule has 0 radical (unpaired) electrons. The molecular formula is C30H27BrN2O2. The molecule has 2 N–H and O–H groups in total. The van der Waals surface area contributed by atoms with Gasteiger partial charge in [0.25, 0.3) is 11.8 Å². The first-order chi connectivity index (χ1) is 16.9. The molecule has 0 fully saturated rings. The zero-order chi connectivity index (χ0) is 25.2. The van der Waals surface area contributed by atoms with Crippen LogP contribution in [0, 0.1) is 13.8 Å². The predicted molar refractivity (Wildman–Crippen MR) is 149 cm³/mol. The van der Waals surface area contributed by atoms with E-state index >= 15 is 0 Å². The fourth-order valence-electron chi connectivity index (χ4n) is 3.20. The number of hydrogen-bond acceptors (Lipinski definition) is 2. The van der Waals surface area contributed by atoms with E-state index in [1.165, 1.54) is 0 Å². The Kier molecular flexibility index (Phi) is 9.16. The van der Waals surface area contributed by atoms with Gasteiger partial charge in [-0.3, -0.25) is 9.59 Å². The van der Waals surface area contributed by atoms with Crippen LogP contribution in [0.3, 0.4) is 0 Å². The molecule has 0 saturated heterocycles. The highest BCUT2D eigenvalue weighted by molar-refractivity contribution is 9.10. The standard InChI is InChI=1S/C16H15NO.C14H12BrNO/c1-3-13-10-9-12(2)15(11-13)17-16(18)14-7-5-4-6-8-14;1-10-7-8-12(15)9-13(10)16-14(17)11-5-3-2-4-6-11/h3-11H,1H2,2H3,(H,17,18);2-9H,1H3,(H,16,17). The van der Waals surface area contributed by atoms with Crippen molar-refractivity contribution in [2.24, 2.45) is 0 Å². The van der Waals surface area contributed by atoms with Crippen molar-refractivity contribution in [1.29, 1.82) is 0 Å². The van der Waals surface area contributed by atoms with Gasteiger partial charge in [-0.25, -0.2) is 0 Å². The lowest BCUT2D eigenvalue weighted by atomic mass is 10.1. The van der Waals surface area contributed by atoms with Crippen LogP contribution in [0.1, 0.15) is 37.4 Å². The van der Waals surface area contributed by atoms with Crippen LogP contribution < -0.4 is 10.6 Å². The summed E-state index contributed by atoms with van der Waals surface area (Å²) >= 11 is 3.39. The maximum Gasteiger partial charge on any atom is 0.255 e. The Morgan fingerprint density at radius 2 is 1.14 bits per heavy atom. The van der Waals surface area contributed by atoms with Crippen LogP contribution in [0.5, 0.6) is 0 Å². The molecule has 4 aromatic rings. The summed E-state index contributed by atoms with van der Waals surface area (Å²) < 4.78 is 0.950. The number of amides is 2. The van der Waals surface area contributed by atoms with Crippen molar-refractivity contribution >= 4 is 45.2 Å². The minimum Gasteiger partial charge on any atom is -0.322 e. The van der Waals surface area contributed by atoms with Crippen LogP contribution >= 0.6 is 15.9 Å². The molecule has 4 aromatic carbocycles. The number of aryl methyl sites for hydroxylation is 2. The lowest BCUT2D eigenvalue weighted by molar-refractivity contribution is 0.101. The molecule has 35 heavy (non-hydrogen) atoms. The van der Waals surface area contributed by atoms with Crippen LogP contribution in [-0.4, -0.2) is 11.8 Å². The first-order valence-corrected chi connectivity index (χ1v) is 11.9. The van der Waals surface area contributed by atoms with Gasteiger partial charge in [-0.05, 0) is 73.0 Å². The third-order valence-corrected chi connectivity index (χ3v) is 5.76. The topological polar surface area (TPSA) is 58.2 Å². The van der Waals surface area contributed by atoms with Gasteiger partial charge in [0.15, 0.2) is 0 Å². The highest BCUT2D eigenvalue weighted by atomic mass is 79.9. The minimum atomic E-state index is -0.0973. The molecule has 0 aromatic heterocycles. The normalized spacial score (nSPS) is 9.91. The van der Waals surface area contributed by atoms with E-state index in [1.54, 1.807) is 30.3 Å². The molecule has 4 nitrogen and oxygen atoms in total. The lowest BCUT2D eigenvalue weighted by Crippen LogP contribution is -2.12. The van der Waals surface area contributed by atoms with Gasteiger partial charge < -0.3 is 10.6 Å². The average Bonchev–Trinajstić information content (AvgIpc) is 2.89. The van der Waals surface area contributed by atoms with E-state index in [0.29, 0.717) is 11.1 Å². The van der Waals surface area contributed by atoms with Crippen LogP contribution in [-0.2, 0) is 0 Å². The van der Waals surface area contributed by atoms with Crippen molar-refractivity contribution in [3.63, 3.8) is 0 Å². The van der Waals surface area contributed by atoms with Gasteiger partial charge in [0.1, 0.15) is 0 Å². The number of benzene rings is 4. The Hall–Kier alpha value is -3.96. The van der Waals surface area contributed by atoms with Gasteiger partial charge in [-0.15, -0.1) is 0 Å². The van der Waals surface area contributed by atoms with E-state index in [-0.39, 0.29) is 11.8 Å². The van der Waals surface area contributed by atoms with Crippen molar-refractivity contribution in [3.8, 4) is 0 Å². The Morgan fingerprint density at radius 1 is 0.686 bits per heavy atom. The highest BCUT2D eigenvalue weighted by Crippen LogP contribution is 2.21. The van der Waals surface area contributed by atoms with Gasteiger partial charge in [0.2, 0.25) is 0 Å². The average molecular weight is 527 g/mol. The largest absolute Gasteiger partial charge is 0.322 e. The number of halogens is 1. The Labute approximate surface area is 214 Å². The monoisotopic (exact) mass is 526 g/mol. The summed E-state index contributed by atoms with van der Waals surface area (Å²) in [7, 11) is 0. The molecule has 5 heteroatoms. The zero-order valence-corrected chi connectivity index (χ0v) is 21.3. The second kappa shape index (κ2) is 12.5. The molecule has 176 valence electrons. The molecule has 0 aliphatic heterocycles. The van der Waals surface area contributed by atoms with Gasteiger partial charge in [0, 0.05) is 27.0 Å². The molecule has 0 spiro atoms. The molecule has 2 amide bonds. The van der Waals surface area contributed by atoms with E-state index in [1.807, 2.05) is 86.6 Å². The van der Waals surface area contributed by atoms with Gasteiger partial charge in [-0.1, -0.05) is 83.2 Å². The first-order valence-electron chi connectivity index (χ1n) is 11.1. The first kappa shape index (κ1) is 25.7.